The van der Waals surface area contributed by atoms with Crippen molar-refractivity contribution in [2.45, 2.75) is 38.0 Å². The minimum atomic E-state index is -3.52. The number of benzene rings is 2. The zero-order valence-electron chi connectivity index (χ0n) is 14.6. The number of amides is 1. The molecule has 0 aliphatic rings. The largest absolute Gasteiger partial charge is 0.322 e. The Balaban J connectivity index is 2.04. The Morgan fingerprint density at radius 1 is 0.960 bits per heavy atom. The van der Waals surface area contributed by atoms with Crippen molar-refractivity contribution in [3.8, 4) is 0 Å². The first-order valence-corrected chi connectivity index (χ1v) is 9.94. The summed E-state index contributed by atoms with van der Waals surface area (Å²) in [5.41, 5.74) is 2.32. The van der Waals surface area contributed by atoms with Gasteiger partial charge < -0.3 is 5.32 Å². The molecule has 0 heterocycles. The van der Waals surface area contributed by atoms with Crippen LogP contribution in [0.5, 0.6) is 0 Å². The third-order valence-electron chi connectivity index (χ3n) is 3.87. The van der Waals surface area contributed by atoms with Crippen LogP contribution in [0.4, 0.5) is 5.69 Å². The third-order valence-corrected chi connectivity index (χ3v) is 5.35. The topological polar surface area (TPSA) is 75.3 Å². The van der Waals surface area contributed by atoms with Crippen LogP contribution in [0.3, 0.4) is 0 Å². The quantitative estimate of drug-likeness (QED) is 0.707. The molecule has 2 aromatic rings. The molecular weight excluding hydrogens is 336 g/mol. The summed E-state index contributed by atoms with van der Waals surface area (Å²) >= 11 is 0. The van der Waals surface area contributed by atoms with E-state index in [0.29, 0.717) is 17.8 Å². The molecule has 0 bridgehead atoms. The van der Waals surface area contributed by atoms with Crippen molar-refractivity contribution in [2.75, 3.05) is 11.9 Å². The van der Waals surface area contributed by atoms with Gasteiger partial charge in [0.15, 0.2) is 0 Å². The summed E-state index contributed by atoms with van der Waals surface area (Å²) in [6.07, 6.45) is 2.65. The molecule has 0 fully saturated rings. The molecule has 1 amide bonds. The van der Waals surface area contributed by atoms with Crippen LogP contribution in [-0.4, -0.2) is 20.9 Å². The molecule has 0 radical (unpaired) electrons. The molecule has 0 spiro atoms. The highest BCUT2D eigenvalue weighted by Gasteiger charge is 2.14. The standard InChI is InChI=1S/C19H24N2O3S/c1-3-5-14-20-25(23,24)18-12-8-16(9-13-18)19(22)21-17-10-6-15(4-2)7-11-17/h6-13,20H,3-5,14H2,1-2H3,(H,21,22). The highest BCUT2D eigenvalue weighted by atomic mass is 32.2. The Hall–Kier alpha value is -2.18. The van der Waals surface area contributed by atoms with Gasteiger partial charge in [0.1, 0.15) is 0 Å². The smallest absolute Gasteiger partial charge is 0.255 e. The molecule has 25 heavy (non-hydrogen) atoms. The molecule has 2 N–H and O–H groups in total. The number of carbonyl (C=O) groups is 1. The fourth-order valence-electron chi connectivity index (χ4n) is 2.28. The fourth-order valence-corrected chi connectivity index (χ4v) is 3.35. The van der Waals surface area contributed by atoms with Crippen LogP contribution in [0, 0.1) is 0 Å². The number of unbranched alkanes of at least 4 members (excludes halogenated alkanes) is 1. The molecule has 6 heteroatoms. The van der Waals surface area contributed by atoms with Gasteiger partial charge in [-0.3, -0.25) is 4.79 Å². The second kappa shape index (κ2) is 8.78. The van der Waals surface area contributed by atoms with E-state index in [0.717, 1.165) is 19.3 Å². The Bertz CT molecular complexity index is 798. The van der Waals surface area contributed by atoms with E-state index in [4.69, 9.17) is 0 Å². The average molecular weight is 360 g/mol. The summed E-state index contributed by atoms with van der Waals surface area (Å²) < 4.78 is 26.8. The summed E-state index contributed by atoms with van der Waals surface area (Å²) in [6.45, 7) is 4.48. The van der Waals surface area contributed by atoms with E-state index < -0.39 is 10.0 Å². The summed E-state index contributed by atoms with van der Waals surface area (Å²) in [4.78, 5) is 12.4. The molecule has 134 valence electrons. The molecule has 0 aliphatic carbocycles. The molecule has 0 aliphatic heterocycles. The van der Waals surface area contributed by atoms with Gasteiger partial charge in [0, 0.05) is 17.8 Å². The van der Waals surface area contributed by atoms with E-state index in [1.165, 1.54) is 29.8 Å². The Morgan fingerprint density at radius 3 is 2.16 bits per heavy atom. The minimum Gasteiger partial charge on any atom is -0.322 e. The number of sulfonamides is 1. The predicted molar refractivity (Wildman–Crippen MR) is 100 cm³/mol. The van der Waals surface area contributed by atoms with Gasteiger partial charge in [0.25, 0.3) is 5.91 Å². The lowest BCUT2D eigenvalue weighted by atomic mass is 10.1. The van der Waals surface area contributed by atoms with Gasteiger partial charge in [-0.05, 0) is 54.8 Å². The molecule has 2 aromatic carbocycles. The van der Waals surface area contributed by atoms with Gasteiger partial charge in [0.05, 0.1) is 4.90 Å². The lowest BCUT2D eigenvalue weighted by Gasteiger charge is -2.08. The molecule has 5 nitrogen and oxygen atoms in total. The number of hydrogen-bond donors (Lipinski definition) is 2. The molecule has 0 atom stereocenters. The SMILES string of the molecule is CCCCNS(=O)(=O)c1ccc(C(=O)Nc2ccc(CC)cc2)cc1. The highest BCUT2D eigenvalue weighted by molar-refractivity contribution is 7.89. The monoisotopic (exact) mass is 360 g/mol. The van der Waals surface area contributed by atoms with E-state index in [1.54, 1.807) is 0 Å². The van der Waals surface area contributed by atoms with Crippen LogP contribution in [0.1, 0.15) is 42.6 Å². The normalized spacial score (nSPS) is 11.3. The maximum atomic E-state index is 12.3. The van der Waals surface area contributed by atoms with Crippen molar-refractivity contribution >= 4 is 21.6 Å². The van der Waals surface area contributed by atoms with Crippen LogP contribution in [0.15, 0.2) is 53.4 Å². The molecular formula is C19H24N2O3S. The summed E-state index contributed by atoms with van der Waals surface area (Å²) in [5, 5.41) is 2.81. The zero-order valence-corrected chi connectivity index (χ0v) is 15.4. The summed E-state index contributed by atoms with van der Waals surface area (Å²) in [5.74, 6) is -0.271. The fraction of sp³-hybridized carbons (Fsp3) is 0.316. The first kappa shape index (κ1) is 19.1. The Kier molecular flexibility index (Phi) is 6.73. The number of carbonyl (C=O) groups excluding carboxylic acids is 1. The second-order valence-corrected chi connectivity index (χ2v) is 7.55. The van der Waals surface area contributed by atoms with Crippen LogP contribution in [-0.2, 0) is 16.4 Å². The summed E-state index contributed by atoms with van der Waals surface area (Å²) in [6, 6.07) is 13.6. The number of rotatable bonds is 8. The lowest BCUT2D eigenvalue weighted by molar-refractivity contribution is 0.102. The van der Waals surface area contributed by atoms with Crippen molar-refractivity contribution < 1.29 is 13.2 Å². The number of nitrogens with one attached hydrogen (secondary N) is 2. The van der Waals surface area contributed by atoms with Crippen molar-refractivity contribution in [1.82, 2.24) is 4.72 Å². The van der Waals surface area contributed by atoms with E-state index in [2.05, 4.69) is 17.0 Å². The van der Waals surface area contributed by atoms with Gasteiger partial charge in [0.2, 0.25) is 10.0 Å². The van der Waals surface area contributed by atoms with Crippen molar-refractivity contribution in [3.05, 3.63) is 59.7 Å². The highest BCUT2D eigenvalue weighted by Crippen LogP contribution is 2.14. The average Bonchev–Trinajstić information content (AvgIpc) is 2.62. The first-order valence-electron chi connectivity index (χ1n) is 8.46. The van der Waals surface area contributed by atoms with Gasteiger partial charge >= 0.3 is 0 Å². The van der Waals surface area contributed by atoms with Crippen molar-refractivity contribution in [1.29, 1.82) is 0 Å². The van der Waals surface area contributed by atoms with E-state index >= 15 is 0 Å². The number of hydrogen-bond acceptors (Lipinski definition) is 3. The lowest BCUT2D eigenvalue weighted by Crippen LogP contribution is -2.24. The van der Waals surface area contributed by atoms with Crippen molar-refractivity contribution in [2.24, 2.45) is 0 Å². The van der Waals surface area contributed by atoms with Gasteiger partial charge in [-0.2, -0.15) is 0 Å². The molecule has 0 aromatic heterocycles. The van der Waals surface area contributed by atoms with E-state index in [1.807, 2.05) is 31.2 Å². The molecule has 0 saturated heterocycles. The van der Waals surface area contributed by atoms with Crippen LogP contribution in [0.2, 0.25) is 0 Å². The molecule has 0 saturated carbocycles. The Morgan fingerprint density at radius 2 is 1.60 bits per heavy atom. The predicted octanol–water partition coefficient (Wildman–Crippen LogP) is 3.58. The first-order chi connectivity index (χ1) is 12.0. The number of aryl methyl sites for hydroxylation is 1. The Labute approximate surface area is 149 Å². The third kappa shape index (κ3) is 5.41. The van der Waals surface area contributed by atoms with E-state index in [9.17, 15) is 13.2 Å². The van der Waals surface area contributed by atoms with E-state index in [-0.39, 0.29) is 10.8 Å². The van der Waals surface area contributed by atoms with Gasteiger partial charge in [-0.25, -0.2) is 13.1 Å². The number of anilines is 1. The zero-order chi connectivity index (χ0) is 18.3. The van der Waals surface area contributed by atoms with Crippen LogP contribution < -0.4 is 10.0 Å². The maximum absolute atomic E-state index is 12.3. The molecule has 0 unspecified atom stereocenters. The minimum absolute atomic E-state index is 0.160. The second-order valence-electron chi connectivity index (χ2n) is 5.78. The van der Waals surface area contributed by atoms with Crippen LogP contribution >= 0.6 is 0 Å². The molecule has 2 rings (SSSR count). The maximum Gasteiger partial charge on any atom is 0.255 e. The van der Waals surface area contributed by atoms with Gasteiger partial charge in [-0.15, -0.1) is 0 Å². The van der Waals surface area contributed by atoms with Gasteiger partial charge in [-0.1, -0.05) is 32.4 Å². The van der Waals surface area contributed by atoms with Crippen molar-refractivity contribution in [3.63, 3.8) is 0 Å². The summed E-state index contributed by atoms with van der Waals surface area (Å²) in [7, 11) is -3.52. The van der Waals surface area contributed by atoms with Crippen LogP contribution in [0.25, 0.3) is 0 Å².